The topological polar surface area (TPSA) is 75.9 Å². The number of benzene rings is 1. The molecule has 0 bridgehead atoms. The Hall–Kier alpha value is -2.21. The molecule has 18 heavy (non-hydrogen) atoms. The Balaban J connectivity index is 1.95. The van der Waals surface area contributed by atoms with Gasteiger partial charge in [-0.05, 0) is 24.3 Å². The first-order chi connectivity index (χ1) is 8.72. The van der Waals surface area contributed by atoms with Gasteiger partial charge in [0.1, 0.15) is 11.6 Å². The third-order valence-corrected chi connectivity index (χ3v) is 2.81. The van der Waals surface area contributed by atoms with Crippen LogP contribution in [0.25, 0.3) is 0 Å². The minimum atomic E-state index is -0.269. The number of hydrogen-bond donors (Lipinski definition) is 3. The lowest BCUT2D eigenvalue weighted by Gasteiger charge is -2.10. The molecule has 4 N–H and O–H groups in total. The molecule has 1 aromatic carbocycles. The fourth-order valence-corrected chi connectivity index (χ4v) is 1.96. The Kier molecular flexibility index (Phi) is 2.56. The van der Waals surface area contributed by atoms with E-state index in [1.165, 1.54) is 12.1 Å². The average molecular weight is 245 g/mol. The summed E-state index contributed by atoms with van der Waals surface area (Å²) in [6.07, 6.45) is 0. The van der Waals surface area contributed by atoms with E-state index < -0.39 is 0 Å². The van der Waals surface area contributed by atoms with Gasteiger partial charge in [-0.15, -0.1) is 0 Å². The van der Waals surface area contributed by atoms with Gasteiger partial charge in [0.25, 0.3) is 0 Å². The molecular formula is C12H12FN5. The van der Waals surface area contributed by atoms with Gasteiger partial charge in [-0.1, -0.05) is 0 Å². The smallest absolute Gasteiger partial charge is 0.222 e. The highest BCUT2D eigenvalue weighted by Crippen LogP contribution is 2.25. The molecule has 0 unspecified atom stereocenters. The number of fused-ring (bicyclic) bond motifs is 1. The maximum Gasteiger partial charge on any atom is 0.222 e. The Morgan fingerprint density at radius 2 is 1.94 bits per heavy atom. The van der Waals surface area contributed by atoms with Gasteiger partial charge in [0.15, 0.2) is 0 Å². The van der Waals surface area contributed by atoms with Crippen molar-refractivity contribution in [1.29, 1.82) is 0 Å². The number of aromatic nitrogens is 2. The largest absolute Gasteiger partial charge is 0.368 e. The van der Waals surface area contributed by atoms with E-state index in [0.29, 0.717) is 18.9 Å². The van der Waals surface area contributed by atoms with E-state index in [9.17, 15) is 4.39 Å². The van der Waals surface area contributed by atoms with E-state index in [2.05, 4.69) is 20.6 Å². The Morgan fingerprint density at radius 3 is 2.72 bits per heavy atom. The molecule has 1 aromatic heterocycles. The number of nitrogens with two attached hydrogens (primary N) is 1. The molecule has 2 heterocycles. The third-order valence-electron chi connectivity index (χ3n) is 2.81. The number of nitrogens with zero attached hydrogens (tertiary/aromatic N) is 2. The molecule has 0 radical (unpaired) electrons. The van der Waals surface area contributed by atoms with E-state index >= 15 is 0 Å². The summed E-state index contributed by atoms with van der Waals surface area (Å²) < 4.78 is 12.8. The fourth-order valence-electron chi connectivity index (χ4n) is 1.96. The molecule has 3 rings (SSSR count). The summed E-state index contributed by atoms with van der Waals surface area (Å²) in [5.74, 6) is 0.644. The van der Waals surface area contributed by atoms with Gasteiger partial charge < -0.3 is 16.4 Å². The molecule has 2 aromatic rings. The van der Waals surface area contributed by atoms with Crippen LogP contribution in [-0.4, -0.2) is 9.97 Å². The number of rotatable bonds is 2. The standard InChI is InChI=1S/C12H12FN5/c13-7-1-3-8(4-2-7)16-11-9-5-15-6-10(9)17-12(14)18-11/h1-4,15H,5-6H2,(H3,14,16,17,18). The normalized spacial score (nSPS) is 13.4. The SMILES string of the molecule is Nc1nc2c(c(Nc3ccc(F)cc3)n1)CNC2. The van der Waals surface area contributed by atoms with Crippen molar-refractivity contribution in [2.75, 3.05) is 11.1 Å². The van der Waals surface area contributed by atoms with Crippen molar-refractivity contribution < 1.29 is 4.39 Å². The maximum absolute atomic E-state index is 12.8. The average Bonchev–Trinajstić information content (AvgIpc) is 2.80. The molecule has 0 spiro atoms. The number of nitrogens with one attached hydrogen (secondary N) is 2. The molecule has 0 amide bonds. The summed E-state index contributed by atoms with van der Waals surface area (Å²) in [5, 5.41) is 6.33. The molecule has 1 aliphatic heterocycles. The van der Waals surface area contributed by atoms with Crippen LogP contribution in [0, 0.1) is 5.82 Å². The maximum atomic E-state index is 12.8. The molecule has 6 heteroatoms. The summed E-state index contributed by atoms with van der Waals surface area (Å²) in [5.41, 5.74) is 8.34. The van der Waals surface area contributed by atoms with E-state index in [1.54, 1.807) is 12.1 Å². The summed E-state index contributed by atoms with van der Waals surface area (Å²) in [6.45, 7) is 1.40. The van der Waals surface area contributed by atoms with E-state index in [1.807, 2.05) is 0 Å². The number of hydrogen-bond acceptors (Lipinski definition) is 5. The lowest BCUT2D eigenvalue weighted by molar-refractivity contribution is 0.628. The van der Waals surface area contributed by atoms with Crippen LogP contribution in [0.5, 0.6) is 0 Å². The van der Waals surface area contributed by atoms with Gasteiger partial charge in [-0.25, -0.2) is 9.37 Å². The predicted molar refractivity (Wildman–Crippen MR) is 66.7 cm³/mol. The minimum absolute atomic E-state index is 0.238. The quantitative estimate of drug-likeness (QED) is 0.748. The van der Waals surface area contributed by atoms with Crippen LogP contribution in [-0.2, 0) is 13.1 Å². The van der Waals surface area contributed by atoms with Crippen molar-refractivity contribution in [2.45, 2.75) is 13.1 Å². The van der Waals surface area contributed by atoms with Crippen LogP contribution < -0.4 is 16.4 Å². The van der Waals surface area contributed by atoms with Crippen LogP contribution in [0.3, 0.4) is 0 Å². The van der Waals surface area contributed by atoms with Gasteiger partial charge >= 0.3 is 0 Å². The van der Waals surface area contributed by atoms with Crippen LogP contribution in [0.1, 0.15) is 11.3 Å². The second-order valence-corrected chi connectivity index (χ2v) is 4.09. The van der Waals surface area contributed by atoms with E-state index in [4.69, 9.17) is 5.73 Å². The fraction of sp³-hybridized carbons (Fsp3) is 0.167. The number of nitrogen functional groups attached to an aromatic ring is 1. The summed E-state index contributed by atoms with van der Waals surface area (Å²) in [4.78, 5) is 8.36. The van der Waals surface area contributed by atoms with Crippen LogP contribution >= 0.6 is 0 Å². The van der Waals surface area contributed by atoms with Crippen LogP contribution in [0.2, 0.25) is 0 Å². The Morgan fingerprint density at radius 1 is 1.17 bits per heavy atom. The summed E-state index contributed by atoms with van der Waals surface area (Å²) in [7, 11) is 0. The van der Waals surface area contributed by atoms with Crippen molar-refractivity contribution in [1.82, 2.24) is 15.3 Å². The monoisotopic (exact) mass is 245 g/mol. The van der Waals surface area contributed by atoms with Crippen LogP contribution in [0.15, 0.2) is 24.3 Å². The molecule has 5 nitrogen and oxygen atoms in total. The van der Waals surface area contributed by atoms with Crippen molar-refractivity contribution >= 4 is 17.5 Å². The second kappa shape index (κ2) is 4.23. The highest BCUT2D eigenvalue weighted by molar-refractivity contribution is 5.61. The highest BCUT2D eigenvalue weighted by atomic mass is 19.1. The molecule has 0 saturated carbocycles. The summed E-state index contributed by atoms with van der Waals surface area (Å²) >= 11 is 0. The van der Waals surface area contributed by atoms with E-state index in [0.717, 1.165) is 16.9 Å². The zero-order valence-electron chi connectivity index (χ0n) is 9.57. The molecule has 0 atom stereocenters. The lowest BCUT2D eigenvalue weighted by atomic mass is 10.2. The minimum Gasteiger partial charge on any atom is -0.368 e. The second-order valence-electron chi connectivity index (χ2n) is 4.09. The van der Waals surface area contributed by atoms with E-state index in [-0.39, 0.29) is 11.8 Å². The van der Waals surface area contributed by atoms with Gasteiger partial charge in [0.2, 0.25) is 5.95 Å². The first-order valence-electron chi connectivity index (χ1n) is 5.61. The van der Waals surface area contributed by atoms with Gasteiger partial charge in [0.05, 0.1) is 5.69 Å². The molecule has 92 valence electrons. The highest BCUT2D eigenvalue weighted by Gasteiger charge is 2.18. The van der Waals surface area contributed by atoms with Crippen molar-refractivity contribution in [3.05, 3.63) is 41.3 Å². The zero-order valence-corrected chi connectivity index (χ0v) is 9.57. The zero-order chi connectivity index (χ0) is 12.5. The van der Waals surface area contributed by atoms with Crippen molar-refractivity contribution in [2.24, 2.45) is 0 Å². The van der Waals surface area contributed by atoms with Gasteiger partial charge in [-0.2, -0.15) is 4.98 Å². The molecular weight excluding hydrogens is 233 g/mol. The molecule has 1 aliphatic rings. The molecule has 0 fully saturated rings. The molecule has 0 saturated heterocycles. The Labute approximate surface area is 103 Å². The lowest BCUT2D eigenvalue weighted by Crippen LogP contribution is -2.05. The van der Waals surface area contributed by atoms with Gasteiger partial charge in [-0.3, -0.25) is 0 Å². The molecule has 0 aliphatic carbocycles. The van der Waals surface area contributed by atoms with Gasteiger partial charge in [0, 0.05) is 24.3 Å². The van der Waals surface area contributed by atoms with Crippen molar-refractivity contribution in [3.8, 4) is 0 Å². The number of anilines is 3. The first-order valence-corrected chi connectivity index (χ1v) is 5.61. The van der Waals surface area contributed by atoms with Crippen LogP contribution in [0.4, 0.5) is 21.8 Å². The summed E-state index contributed by atoms with van der Waals surface area (Å²) in [6, 6.07) is 6.10. The number of halogens is 1. The first kappa shape index (κ1) is 10.9. The predicted octanol–water partition coefficient (Wildman–Crippen LogP) is 1.54. The van der Waals surface area contributed by atoms with Crippen molar-refractivity contribution in [3.63, 3.8) is 0 Å². The third kappa shape index (κ3) is 1.98. The Bertz CT molecular complexity index is 582.